The van der Waals surface area contributed by atoms with Gasteiger partial charge in [-0.3, -0.25) is 9.79 Å². The lowest BCUT2D eigenvalue weighted by atomic mass is 10.1. The predicted molar refractivity (Wildman–Crippen MR) is 123 cm³/mol. The van der Waals surface area contributed by atoms with Crippen LogP contribution in [-0.2, 0) is 4.79 Å². The van der Waals surface area contributed by atoms with Crippen LogP contribution in [0.3, 0.4) is 0 Å². The Hall–Kier alpha value is -3.48. The number of aryl methyl sites for hydroxylation is 1. The zero-order valence-corrected chi connectivity index (χ0v) is 18.1. The summed E-state index contributed by atoms with van der Waals surface area (Å²) < 4.78 is 18.1. The Morgan fingerprint density at radius 2 is 2.16 bits per heavy atom. The van der Waals surface area contributed by atoms with Gasteiger partial charge in [0.25, 0.3) is 0 Å². The van der Waals surface area contributed by atoms with E-state index in [1.807, 2.05) is 37.3 Å². The molecule has 166 valence electrons. The summed E-state index contributed by atoms with van der Waals surface area (Å²) in [6.45, 7) is 7.46. The highest BCUT2D eigenvalue weighted by atomic mass is 19.1. The molecule has 31 heavy (non-hydrogen) atoms. The lowest BCUT2D eigenvalue weighted by Gasteiger charge is -2.02. The van der Waals surface area contributed by atoms with E-state index in [0.717, 1.165) is 24.1 Å². The molecular weight excluding hydrogens is 397 g/mol. The molecule has 1 heterocycles. The van der Waals surface area contributed by atoms with Crippen molar-refractivity contribution >= 4 is 17.8 Å². The molecule has 1 aromatic heterocycles. The number of aliphatic imine (C=N–C) groups is 1. The summed E-state index contributed by atoms with van der Waals surface area (Å²) in [6.07, 6.45) is 17.8. The maximum Gasteiger partial charge on any atom is 0.303 e. The number of nitrogens with zero attached hydrogens (tertiary/aromatic N) is 2. The zero-order valence-electron chi connectivity index (χ0n) is 18.1. The Morgan fingerprint density at radius 1 is 1.35 bits per heavy atom. The molecule has 1 rings (SSSR count). The molecule has 0 fully saturated rings. The van der Waals surface area contributed by atoms with Crippen LogP contribution >= 0.6 is 0 Å². The van der Waals surface area contributed by atoms with Crippen molar-refractivity contribution in [2.75, 3.05) is 6.54 Å². The first-order chi connectivity index (χ1) is 14.9. The van der Waals surface area contributed by atoms with E-state index in [2.05, 4.69) is 22.0 Å². The number of carbonyl (C=O) groups is 1. The van der Waals surface area contributed by atoms with Gasteiger partial charge in [0.15, 0.2) is 5.76 Å². The van der Waals surface area contributed by atoms with Crippen molar-refractivity contribution in [2.45, 2.75) is 39.5 Å². The van der Waals surface area contributed by atoms with Crippen LogP contribution in [0.15, 0.2) is 82.4 Å². The maximum absolute atomic E-state index is 12.8. The Balaban J connectivity index is 2.67. The van der Waals surface area contributed by atoms with Crippen molar-refractivity contribution in [3.05, 3.63) is 84.4 Å². The first-order valence-electron chi connectivity index (χ1n) is 10.0. The first-order valence-corrected chi connectivity index (χ1v) is 10.0. The van der Waals surface area contributed by atoms with Gasteiger partial charge in [0.05, 0.1) is 11.5 Å². The molecule has 7 heteroatoms. The number of aromatic nitrogens is 1. The third-order valence-corrected chi connectivity index (χ3v) is 3.88. The molecule has 0 radical (unpaired) electrons. The van der Waals surface area contributed by atoms with E-state index in [1.165, 1.54) is 13.0 Å². The van der Waals surface area contributed by atoms with Crippen LogP contribution in [0.2, 0.25) is 0 Å². The lowest BCUT2D eigenvalue weighted by molar-refractivity contribution is -0.137. The van der Waals surface area contributed by atoms with E-state index in [1.54, 1.807) is 24.6 Å². The van der Waals surface area contributed by atoms with Crippen molar-refractivity contribution in [3.8, 4) is 0 Å². The monoisotopic (exact) mass is 427 g/mol. The van der Waals surface area contributed by atoms with Gasteiger partial charge in [0, 0.05) is 42.7 Å². The number of carboxylic acid groups (broad SMARTS) is 1. The van der Waals surface area contributed by atoms with Crippen molar-refractivity contribution in [2.24, 2.45) is 4.99 Å². The first kappa shape index (κ1) is 25.6. The Kier molecular flexibility index (Phi) is 12.7. The standard InChI is InChI=1S/C24H30FN3O3/c1-4-22(13-12-19(2)25)27-16-9-7-10-21(23-18-20(3)28-31-23)14-17-26-15-8-5-6-11-24(29)30/h4,7,9-10,12-15,17-18,27H,1,5-6,8,11,16H2,2-3H3,(H,29,30)/b9-7+,17-14+,19-12+,21-10+,22-13+,26-15?. The molecule has 0 amide bonds. The molecule has 6 nitrogen and oxygen atoms in total. The summed E-state index contributed by atoms with van der Waals surface area (Å²) in [5.41, 5.74) is 2.29. The number of hydrogen-bond donors (Lipinski definition) is 2. The van der Waals surface area contributed by atoms with Crippen LogP contribution in [-0.4, -0.2) is 29.0 Å². The Labute approximate surface area is 182 Å². The molecule has 1 aromatic rings. The van der Waals surface area contributed by atoms with Gasteiger partial charge in [0.2, 0.25) is 0 Å². The second kappa shape index (κ2) is 15.4. The number of nitrogens with one attached hydrogen (secondary N) is 1. The summed E-state index contributed by atoms with van der Waals surface area (Å²) in [5, 5.41) is 15.7. The van der Waals surface area contributed by atoms with Crippen molar-refractivity contribution in [1.29, 1.82) is 0 Å². The van der Waals surface area contributed by atoms with E-state index in [9.17, 15) is 9.18 Å². The molecule has 0 bridgehead atoms. The summed E-state index contributed by atoms with van der Waals surface area (Å²) in [7, 11) is 0. The molecular formula is C24H30FN3O3. The zero-order chi connectivity index (χ0) is 22.9. The largest absolute Gasteiger partial charge is 0.481 e. The van der Waals surface area contributed by atoms with Crippen LogP contribution < -0.4 is 5.32 Å². The third-order valence-electron chi connectivity index (χ3n) is 3.88. The molecule has 0 aliphatic heterocycles. The van der Waals surface area contributed by atoms with Crippen LogP contribution in [0, 0.1) is 6.92 Å². The average molecular weight is 428 g/mol. The lowest BCUT2D eigenvalue weighted by Crippen LogP contribution is -2.10. The molecule has 0 atom stereocenters. The van der Waals surface area contributed by atoms with Gasteiger partial charge in [-0.05, 0) is 57.4 Å². The van der Waals surface area contributed by atoms with Crippen LogP contribution in [0.4, 0.5) is 4.39 Å². The quantitative estimate of drug-likeness (QED) is 0.226. The second-order valence-corrected chi connectivity index (χ2v) is 6.63. The summed E-state index contributed by atoms with van der Waals surface area (Å²) >= 11 is 0. The molecule has 0 aromatic carbocycles. The topological polar surface area (TPSA) is 87.7 Å². The average Bonchev–Trinajstić information content (AvgIpc) is 3.16. The van der Waals surface area contributed by atoms with Crippen LogP contribution in [0.5, 0.6) is 0 Å². The summed E-state index contributed by atoms with van der Waals surface area (Å²) in [4.78, 5) is 14.7. The van der Waals surface area contributed by atoms with Crippen LogP contribution in [0.1, 0.15) is 44.1 Å². The van der Waals surface area contributed by atoms with Crippen molar-refractivity contribution < 1.29 is 18.8 Å². The highest BCUT2D eigenvalue weighted by molar-refractivity contribution is 5.72. The number of hydrogen-bond acceptors (Lipinski definition) is 5. The van der Waals surface area contributed by atoms with Gasteiger partial charge in [-0.15, -0.1) is 0 Å². The van der Waals surface area contributed by atoms with Gasteiger partial charge >= 0.3 is 5.97 Å². The minimum atomic E-state index is -0.777. The third kappa shape index (κ3) is 12.6. The van der Waals surface area contributed by atoms with Gasteiger partial charge < -0.3 is 14.9 Å². The minimum Gasteiger partial charge on any atom is -0.481 e. The van der Waals surface area contributed by atoms with E-state index < -0.39 is 5.97 Å². The molecule has 0 saturated heterocycles. The number of unbranched alkanes of at least 4 members (excludes halogenated alkanes) is 2. The SMILES string of the molecule is C=C/C(=C\C=C(/C)F)NC/C=C/C=C(\C=C\N=CCCCCC(=O)O)c1cc(C)no1. The van der Waals surface area contributed by atoms with E-state index in [4.69, 9.17) is 9.63 Å². The number of carboxylic acids is 1. The van der Waals surface area contributed by atoms with Gasteiger partial charge in [-0.2, -0.15) is 0 Å². The highest BCUT2D eigenvalue weighted by Gasteiger charge is 2.03. The predicted octanol–water partition coefficient (Wildman–Crippen LogP) is 5.68. The molecule has 0 aliphatic rings. The fourth-order valence-corrected chi connectivity index (χ4v) is 2.31. The van der Waals surface area contributed by atoms with Crippen LogP contribution in [0.25, 0.3) is 5.57 Å². The van der Waals surface area contributed by atoms with Gasteiger partial charge in [-0.1, -0.05) is 30.0 Å². The van der Waals surface area contributed by atoms with E-state index in [0.29, 0.717) is 24.4 Å². The minimum absolute atomic E-state index is 0.179. The fraction of sp³-hybridized carbons (Fsp3) is 0.292. The Morgan fingerprint density at radius 3 is 2.81 bits per heavy atom. The number of allylic oxidation sites excluding steroid dienone is 8. The normalized spacial score (nSPS) is 13.6. The summed E-state index contributed by atoms with van der Waals surface area (Å²) in [5.74, 6) is -0.430. The van der Waals surface area contributed by atoms with Gasteiger partial charge in [0.1, 0.15) is 0 Å². The number of halogens is 1. The second-order valence-electron chi connectivity index (χ2n) is 6.63. The Bertz CT molecular complexity index is 886. The molecule has 0 aliphatic carbocycles. The van der Waals surface area contributed by atoms with E-state index in [-0.39, 0.29) is 12.2 Å². The van der Waals surface area contributed by atoms with Crippen molar-refractivity contribution in [1.82, 2.24) is 10.5 Å². The maximum atomic E-state index is 12.8. The smallest absolute Gasteiger partial charge is 0.303 e. The van der Waals surface area contributed by atoms with Crippen molar-refractivity contribution in [3.63, 3.8) is 0 Å². The fourth-order valence-electron chi connectivity index (χ4n) is 2.31. The molecule has 2 N–H and O–H groups in total. The van der Waals surface area contributed by atoms with Gasteiger partial charge in [-0.25, -0.2) is 4.39 Å². The number of rotatable bonds is 14. The highest BCUT2D eigenvalue weighted by Crippen LogP contribution is 2.17. The molecule has 0 spiro atoms. The molecule has 0 unspecified atom stereocenters. The van der Waals surface area contributed by atoms with E-state index >= 15 is 0 Å². The summed E-state index contributed by atoms with van der Waals surface area (Å²) in [6, 6.07) is 1.84. The molecule has 0 saturated carbocycles. The number of aliphatic carboxylic acids is 1.